The zero-order valence-corrected chi connectivity index (χ0v) is 16.3. The minimum atomic E-state index is -0.0920. The first-order chi connectivity index (χ1) is 12.4. The van der Waals surface area contributed by atoms with Gasteiger partial charge in [0.1, 0.15) is 0 Å². The van der Waals surface area contributed by atoms with E-state index in [4.69, 9.17) is 0 Å². The highest BCUT2D eigenvalue weighted by atomic mass is 16.3. The number of hydrogen-bond donors (Lipinski definition) is 1. The molecule has 0 bridgehead atoms. The zero-order chi connectivity index (χ0) is 18.1. The van der Waals surface area contributed by atoms with E-state index in [9.17, 15) is 9.90 Å². The summed E-state index contributed by atoms with van der Waals surface area (Å²) in [6.07, 6.45) is 14.6. The second-order valence-electron chi connectivity index (χ2n) is 10.1. The largest absolute Gasteiger partial charge is 0.393 e. The van der Waals surface area contributed by atoms with Gasteiger partial charge in [-0.05, 0) is 91.6 Å². The van der Waals surface area contributed by atoms with Crippen molar-refractivity contribution in [1.82, 2.24) is 4.90 Å². The lowest BCUT2D eigenvalue weighted by Gasteiger charge is -2.56. The van der Waals surface area contributed by atoms with Crippen LogP contribution in [-0.4, -0.2) is 28.6 Å². The van der Waals surface area contributed by atoms with Gasteiger partial charge in [0.25, 0.3) is 0 Å². The van der Waals surface area contributed by atoms with Crippen LogP contribution in [0, 0.1) is 28.6 Å². The molecule has 0 aromatic carbocycles. The molecule has 0 aromatic heterocycles. The Bertz CT molecular complexity index is 694. The Morgan fingerprint density at radius 3 is 2.73 bits per heavy atom. The molecule has 3 fully saturated rings. The fourth-order valence-electron chi connectivity index (χ4n) is 7.45. The fraction of sp³-hybridized carbons (Fsp3) is 0.783. The minimum Gasteiger partial charge on any atom is -0.393 e. The predicted octanol–water partition coefficient (Wildman–Crippen LogP) is 4.43. The highest BCUT2D eigenvalue weighted by Crippen LogP contribution is 2.64. The number of aliphatic hydroxyl groups is 1. The first-order valence-electron chi connectivity index (χ1n) is 10.8. The van der Waals surface area contributed by atoms with Gasteiger partial charge in [0.15, 0.2) is 0 Å². The highest BCUT2D eigenvalue weighted by Gasteiger charge is 2.58. The Morgan fingerprint density at radius 2 is 1.96 bits per heavy atom. The van der Waals surface area contributed by atoms with Crippen molar-refractivity contribution in [1.29, 1.82) is 0 Å². The van der Waals surface area contributed by atoms with Crippen molar-refractivity contribution in [2.75, 3.05) is 6.54 Å². The van der Waals surface area contributed by atoms with Crippen LogP contribution in [0.4, 0.5) is 0 Å². The molecule has 1 amide bonds. The molecule has 6 atom stereocenters. The number of aliphatic hydroxyl groups excluding tert-OH is 1. The fourth-order valence-corrected chi connectivity index (χ4v) is 7.45. The lowest BCUT2D eigenvalue weighted by Crippen LogP contribution is -2.50. The summed E-state index contributed by atoms with van der Waals surface area (Å²) >= 11 is 0. The lowest BCUT2D eigenvalue weighted by molar-refractivity contribution is -0.126. The second-order valence-corrected chi connectivity index (χ2v) is 10.1. The topological polar surface area (TPSA) is 40.5 Å². The Kier molecular flexibility index (Phi) is 3.74. The molecule has 1 saturated heterocycles. The molecular formula is C23H33NO2. The van der Waals surface area contributed by atoms with Gasteiger partial charge < -0.3 is 10.0 Å². The summed E-state index contributed by atoms with van der Waals surface area (Å²) in [5, 5.41) is 10.6. The average Bonchev–Trinajstić information content (AvgIpc) is 3.18. The summed E-state index contributed by atoms with van der Waals surface area (Å²) in [5.74, 6) is 2.50. The summed E-state index contributed by atoms with van der Waals surface area (Å²) in [5.41, 5.74) is 3.19. The number of carbonyl (C=O) groups excluding carboxylic acids is 1. The molecule has 2 saturated carbocycles. The molecule has 0 unspecified atom stereocenters. The van der Waals surface area contributed by atoms with Crippen LogP contribution in [-0.2, 0) is 4.79 Å². The second kappa shape index (κ2) is 5.70. The Morgan fingerprint density at radius 1 is 1.12 bits per heavy atom. The maximum atomic E-state index is 12.2. The molecule has 0 aromatic rings. The van der Waals surface area contributed by atoms with Crippen molar-refractivity contribution >= 4 is 5.91 Å². The third-order valence-corrected chi connectivity index (χ3v) is 9.12. The zero-order valence-electron chi connectivity index (χ0n) is 16.3. The summed E-state index contributed by atoms with van der Waals surface area (Å²) in [7, 11) is 0. The maximum absolute atomic E-state index is 12.2. The molecule has 1 aliphatic heterocycles. The molecular weight excluding hydrogens is 322 g/mol. The van der Waals surface area contributed by atoms with Gasteiger partial charge in [0.2, 0.25) is 5.91 Å². The van der Waals surface area contributed by atoms with Crippen molar-refractivity contribution in [2.24, 2.45) is 28.6 Å². The molecule has 26 heavy (non-hydrogen) atoms. The Hall–Kier alpha value is -1.09. The van der Waals surface area contributed by atoms with Gasteiger partial charge >= 0.3 is 0 Å². The number of allylic oxidation sites excluding steroid dienone is 4. The van der Waals surface area contributed by atoms with Gasteiger partial charge in [0.05, 0.1) is 6.10 Å². The Labute approximate surface area is 157 Å². The monoisotopic (exact) mass is 355 g/mol. The number of amides is 1. The van der Waals surface area contributed by atoms with Crippen LogP contribution in [0.15, 0.2) is 23.4 Å². The molecule has 3 heteroatoms. The molecule has 142 valence electrons. The van der Waals surface area contributed by atoms with Crippen molar-refractivity contribution in [3.05, 3.63) is 23.4 Å². The van der Waals surface area contributed by atoms with Gasteiger partial charge in [-0.1, -0.05) is 19.9 Å². The van der Waals surface area contributed by atoms with E-state index in [0.717, 1.165) is 44.1 Å². The van der Waals surface area contributed by atoms with E-state index in [0.29, 0.717) is 11.8 Å². The third-order valence-electron chi connectivity index (χ3n) is 9.12. The van der Waals surface area contributed by atoms with E-state index in [-0.39, 0.29) is 16.9 Å². The van der Waals surface area contributed by atoms with Crippen LogP contribution in [0.5, 0.6) is 0 Å². The number of rotatable bonds is 1. The summed E-state index contributed by atoms with van der Waals surface area (Å²) in [4.78, 5) is 14.2. The van der Waals surface area contributed by atoms with Crippen LogP contribution in [0.25, 0.3) is 0 Å². The number of carbonyl (C=O) groups is 1. The van der Waals surface area contributed by atoms with E-state index in [1.165, 1.54) is 43.4 Å². The van der Waals surface area contributed by atoms with Crippen molar-refractivity contribution in [3.8, 4) is 0 Å². The molecule has 5 rings (SSSR count). The number of likely N-dealkylation sites (tertiary alicyclic amines) is 1. The van der Waals surface area contributed by atoms with E-state index < -0.39 is 0 Å². The van der Waals surface area contributed by atoms with Crippen molar-refractivity contribution in [2.45, 2.75) is 77.7 Å². The van der Waals surface area contributed by atoms with Crippen LogP contribution < -0.4 is 0 Å². The van der Waals surface area contributed by atoms with Crippen LogP contribution >= 0.6 is 0 Å². The number of hydrogen-bond acceptors (Lipinski definition) is 2. The predicted molar refractivity (Wildman–Crippen MR) is 102 cm³/mol. The first-order valence-corrected chi connectivity index (χ1v) is 10.8. The highest BCUT2D eigenvalue weighted by molar-refractivity contribution is 5.80. The van der Waals surface area contributed by atoms with Gasteiger partial charge in [0, 0.05) is 18.7 Å². The number of fused-ring (bicyclic) bond motifs is 5. The maximum Gasteiger partial charge on any atom is 0.226 e. The van der Waals surface area contributed by atoms with Gasteiger partial charge in [-0.15, -0.1) is 0 Å². The smallest absolute Gasteiger partial charge is 0.226 e. The van der Waals surface area contributed by atoms with Crippen molar-refractivity contribution < 1.29 is 9.90 Å². The van der Waals surface area contributed by atoms with Crippen molar-refractivity contribution in [3.63, 3.8) is 0 Å². The molecule has 5 aliphatic rings. The lowest BCUT2D eigenvalue weighted by atomic mass is 9.48. The van der Waals surface area contributed by atoms with E-state index in [2.05, 4.69) is 30.9 Å². The molecule has 0 spiro atoms. The quantitative estimate of drug-likeness (QED) is 0.756. The van der Waals surface area contributed by atoms with Crippen LogP contribution in [0.1, 0.15) is 71.6 Å². The van der Waals surface area contributed by atoms with Gasteiger partial charge in [-0.25, -0.2) is 0 Å². The van der Waals surface area contributed by atoms with Gasteiger partial charge in [-0.3, -0.25) is 4.79 Å². The molecule has 1 heterocycles. The SMILES string of the molecule is C[C@]12CC[C@H]3[C@@H](CC=C4C=C(N5CCCC5=O)CC[C@@]43C)[C@@H]1CC[C@@H]2O. The molecule has 0 radical (unpaired) electrons. The summed E-state index contributed by atoms with van der Waals surface area (Å²) < 4.78 is 0. The van der Waals surface area contributed by atoms with Gasteiger partial charge in [-0.2, -0.15) is 0 Å². The van der Waals surface area contributed by atoms with E-state index in [1.807, 2.05) is 0 Å². The van der Waals surface area contributed by atoms with E-state index >= 15 is 0 Å². The normalized spacial score (nSPS) is 47.8. The molecule has 3 nitrogen and oxygen atoms in total. The average molecular weight is 356 g/mol. The summed E-state index contributed by atoms with van der Waals surface area (Å²) in [6, 6.07) is 0. The molecule has 4 aliphatic carbocycles. The van der Waals surface area contributed by atoms with E-state index in [1.54, 1.807) is 0 Å². The summed E-state index contributed by atoms with van der Waals surface area (Å²) in [6.45, 7) is 5.76. The van der Waals surface area contributed by atoms with Crippen LogP contribution in [0.3, 0.4) is 0 Å². The third kappa shape index (κ3) is 2.19. The number of nitrogens with zero attached hydrogens (tertiary/aromatic N) is 1. The first kappa shape index (κ1) is 17.0. The Balaban J connectivity index is 1.46. The molecule has 1 N–H and O–H groups in total. The standard InChI is InChI=1S/C23H33NO2/c1-22-11-9-16(24-13-3-4-21(24)26)14-15(22)5-6-17-18-7-8-20(25)23(18,2)12-10-19(17)22/h5,14,17-20,25H,3-4,6-13H2,1-2H3/t17-,18-,19-,20-,22-,23-/m0/s1. The minimum absolute atomic E-state index is 0.0920. The van der Waals surface area contributed by atoms with Crippen LogP contribution in [0.2, 0.25) is 0 Å².